The number of benzene rings is 1. The first-order valence-electron chi connectivity index (χ1n) is 8.30. The number of aromatic nitrogens is 1. The highest BCUT2D eigenvalue weighted by Gasteiger charge is 2.20. The van der Waals surface area contributed by atoms with Crippen LogP contribution in [0.1, 0.15) is 37.8 Å². The van der Waals surface area contributed by atoms with Crippen LogP contribution in [0.25, 0.3) is 10.9 Å². The highest BCUT2D eigenvalue weighted by molar-refractivity contribution is 5.98. The molecule has 1 aromatic heterocycles. The topological polar surface area (TPSA) is 97.3 Å². The van der Waals surface area contributed by atoms with E-state index in [0.717, 1.165) is 29.6 Å². The highest BCUT2D eigenvalue weighted by Crippen LogP contribution is 2.33. The molecule has 3 rings (SSSR count). The van der Waals surface area contributed by atoms with Gasteiger partial charge in [0.2, 0.25) is 0 Å². The van der Waals surface area contributed by atoms with Crippen molar-refractivity contribution in [1.82, 2.24) is 4.98 Å². The van der Waals surface area contributed by atoms with E-state index in [9.17, 15) is 14.9 Å². The summed E-state index contributed by atoms with van der Waals surface area (Å²) in [6.45, 7) is 0.649. The number of nitro groups is 1. The average Bonchev–Trinajstić information content (AvgIpc) is 3.00. The van der Waals surface area contributed by atoms with Gasteiger partial charge in [-0.05, 0) is 25.0 Å². The van der Waals surface area contributed by atoms with Crippen LogP contribution >= 0.6 is 0 Å². The number of fused-ring (bicyclic) bond motifs is 1. The lowest BCUT2D eigenvalue weighted by Crippen LogP contribution is -2.22. The molecule has 1 aliphatic carbocycles. The maximum atomic E-state index is 11.3. The van der Waals surface area contributed by atoms with Crippen molar-refractivity contribution >= 4 is 28.7 Å². The number of hydrogen-bond acceptors (Lipinski definition) is 5. The van der Waals surface area contributed by atoms with Gasteiger partial charge in [-0.1, -0.05) is 19.3 Å². The monoisotopic (exact) mass is 331 g/mol. The molecule has 0 unspecified atom stereocenters. The number of anilines is 1. The Morgan fingerprint density at radius 3 is 2.83 bits per heavy atom. The molecule has 2 aromatic rings. The standard InChI is InChI=1S/C17H21N3O4/c21-11-24-9-8-13-10-14-15(18-12-4-2-1-3-5-12)6-7-16(20(22)23)17(14)19-13/h6-7,10-12,18-19H,1-5,8-9H2. The molecule has 7 nitrogen and oxygen atoms in total. The zero-order chi connectivity index (χ0) is 16.9. The number of rotatable bonds is 7. The quantitative estimate of drug-likeness (QED) is 0.350. The Kier molecular flexibility index (Phi) is 4.98. The lowest BCUT2D eigenvalue weighted by atomic mass is 9.95. The summed E-state index contributed by atoms with van der Waals surface area (Å²) in [7, 11) is 0. The molecule has 24 heavy (non-hydrogen) atoms. The minimum absolute atomic E-state index is 0.0572. The summed E-state index contributed by atoms with van der Waals surface area (Å²) in [5, 5.41) is 15.6. The average molecular weight is 331 g/mol. The zero-order valence-electron chi connectivity index (χ0n) is 13.4. The summed E-state index contributed by atoms with van der Waals surface area (Å²) < 4.78 is 4.71. The lowest BCUT2D eigenvalue weighted by molar-refractivity contribution is -0.383. The highest BCUT2D eigenvalue weighted by atomic mass is 16.6. The number of non-ortho nitro benzene ring substituents is 1. The smallest absolute Gasteiger partial charge is 0.293 e. The van der Waals surface area contributed by atoms with Crippen molar-refractivity contribution in [2.75, 3.05) is 11.9 Å². The molecule has 0 atom stereocenters. The van der Waals surface area contributed by atoms with Crippen LogP contribution in [0.5, 0.6) is 0 Å². The zero-order valence-corrected chi connectivity index (χ0v) is 13.4. The molecule has 1 heterocycles. The van der Waals surface area contributed by atoms with Gasteiger partial charge in [-0.2, -0.15) is 0 Å². The molecule has 2 N–H and O–H groups in total. The van der Waals surface area contributed by atoms with Gasteiger partial charge in [0.15, 0.2) is 0 Å². The van der Waals surface area contributed by atoms with E-state index in [1.165, 1.54) is 25.3 Å². The van der Waals surface area contributed by atoms with Crippen molar-refractivity contribution in [3.8, 4) is 0 Å². The van der Waals surface area contributed by atoms with Gasteiger partial charge in [0.25, 0.3) is 12.2 Å². The Hall–Kier alpha value is -2.57. The molecular formula is C17H21N3O4. The van der Waals surface area contributed by atoms with E-state index in [0.29, 0.717) is 24.5 Å². The molecule has 1 aliphatic rings. The molecular weight excluding hydrogens is 310 g/mol. The van der Waals surface area contributed by atoms with Crippen LogP contribution in [-0.2, 0) is 16.0 Å². The van der Waals surface area contributed by atoms with E-state index in [4.69, 9.17) is 4.74 Å². The number of ether oxygens (including phenoxy) is 1. The van der Waals surface area contributed by atoms with Crippen molar-refractivity contribution in [3.63, 3.8) is 0 Å². The van der Waals surface area contributed by atoms with Gasteiger partial charge in [0.05, 0.1) is 11.5 Å². The van der Waals surface area contributed by atoms with Gasteiger partial charge >= 0.3 is 0 Å². The maximum Gasteiger partial charge on any atom is 0.293 e. The SMILES string of the molecule is O=COCCc1cc2c(NC3CCCCC3)ccc([N+](=O)[O-])c2[nH]1. The molecule has 0 aliphatic heterocycles. The summed E-state index contributed by atoms with van der Waals surface area (Å²) in [5.41, 5.74) is 2.30. The third-order valence-corrected chi connectivity index (χ3v) is 4.55. The molecule has 7 heteroatoms. The van der Waals surface area contributed by atoms with Crippen LogP contribution in [0.4, 0.5) is 11.4 Å². The molecule has 0 spiro atoms. The lowest BCUT2D eigenvalue weighted by Gasteiger charge is -2.24. The minimum Gasteiger partial charge on any atom is -0.467 e. The summed E-state index contributed by atoms with van der Waals surface area (Å²) in [6.07, 6.45) is 6.46. The number of aromatic amines is 1. The molecule has 0 amide bonds. The second-order valence-corrected chi connectivity index (χ2v) is 6.17. The van der Waals surface area contributed by atoms with Crippen LogP contribution < -0.4 is 5.32 Å². The molecule has 1 fully saturated rings. The number of nitrogens with zero attached hydrogens (tertiary/aromatic N) is 1. The van der Waals surface area contributed by atoms with Crippen LogP contribution in [0.2, 0.25) is 0 Å². The Labute approximate surface area is 139 Å². The van der Waals surface area contributed by atoms with Gasteiger partial charge < -0.3 is 15.0 Å². The normalized spacial score (nSPS) is 15.3. The van der Waals surface area contributed by atoms with Crippen LogP contribution in [-0.4, -0.2) is 29.0 Å². The predicted molar refractivity (Wildman–Crippen MR) is 91.2 cm³/mol. The van der Waals surface area contributed by atoms with Gasteiger partial charge in [0.1, 0.15) is 5.52 Å². The fraction of sp³-hybridized carbons (Fsp3) is 0.471. The van der Waals surface area contributed by atoms with E-state index in [-0.39, 0.29) is 17.2 Å². The molecule has 128 valence electrons. The molecule has 0 radical (unpaired) electrons. The summed E-state index contributed by atoms with van der Waals surface area (Å²) in [4.78, 5) is 24.3. The Bertz CT molecular complexity index is 735. The van der Waals surface area contributed by atoms with Crippen molar-refractivity contribution in [3.05, 3.63) is 34.0 Å². The van der Waals surface area contributed by atoms with E-state index >= 15 is 0 Å². The number of nitrogens with one attached hydrogen (secondary N) is 2. The largest absolute Gasteiger partial charge is 0.467 e. The first kappa shape index (κ1) is 16.3. The molecule has 1 aromatic carbocycles. The van der Waals surface area contributed by atoms with Crippen molar-refractivity contribution in [2.45, 2.75) is 44.6 Å². The van der Waals surface area contributed by atoms with Crippen molar-refractivity contribution in [1.29, 1.82) is 0 Å². The fourth-order valence-electron chi connectivity index (χ4n) is 3.36. The summed E-state index contributed by atoms with van der Waals surface area (Å²) in [5.74, 6) is 0. The fourth-order valence-corrected chi connectivity index (χ4v) is 3.36. The minimum atomic E-state index is -0.380. The Balaban J connectivity index is 1.91. The summed E-state index contributed by atoms with van der Waals surface area (Å²) >= 11 is 0. The molecule has 1 saturated carbocycles. The van der Waals surface area contributed by atoms with Crippen molar-refractivity contribution < 1.29 is 14.5 Å². The second kappa shape index (κ2) is 7.33. The number of H-pyrrole nitrogens is 1. The van der Waals surface area contributed by atoms with Gasteiger partial charge in [-0.15, -0.1) is 0 Å². The molecule has 0 saturated heterocycles. The number of carbonyl (C=O) groups is 1. The van der Waals surface area contributed by atoms with E-state index in [1.54, 1.807) is 6.07 Å². The number of carbonyl (C=O) groups excluding carboxylic acids is 1. The first-order chi connectivity index (χ1) is 11.7. The summed E-state index contributed by atoms with van der Waals surface area (Å²) in [6, 6.07) is 5.64. The Morgan fingerprint density at radius 1 is 1.33 bits per heavy atom. The number of nitro benzene ring substituents is 1. The van der Waals surface area contributed by atoms with Gasteiger partial charge in [0, 0.05) is 35.3 Å². The predicted octanol–water partition coefficient (Wildman–Crippen LogP) is 3.54. The van der Waals surface area contributed by atoms with E-state index in [2.05, 4.69) is 10.3 Å². The van der Waals surface area contributed by atoms with Crippen LogP contribution in [0, 0.1) is 10.1 Å². The van der Waals surface area contributed by atoms with Crippen LogP contribution in [0.15, 0.2) is 18.2 Å². The third kappa shape index (κ3) is 3.50. The van der Waals surface area contributed by atoms with Crippen molar-refractivity contribution in [2.24, 2.45) is 0 Å². The van der Waals surface area contributed by atoms with E-state index < -0.39 is 0 Å². The van der Waals surface area contributed by atoms with E-state index in [1.807, 2.05) is 6.07 Å². The molecule has 0 bridgehead atoms. The van der Waals surface area contributed by atoms with Crippen LogP contribution in [0.3, 0.4) is 0 Å². The maximum absolute atomic E-state index is 11.3. The first-order valence-corrected chi connectivity index (χ1v) is 8.30. The third-order valence-electron chi connectivity index (χ3n) is 4.55. The second-order valence-electron chi connectivity index (χ2n) is 6.17. The van der Waals surface area contributed by atoms with Gasteiger partial charge in [-0.25, -0.2) is 0 Å². The number of hydrogen-bond donors (Lipinski definition) is 2. The Morgan fingerprint density at radius 2 is 2.12 bits per heavy atom. The van der Waals surface area contributed by atoms with Gasteiger partial charge in [-0.3, -0.25) is 14.9 Å².